The molecule has 2 aromatic rings. The highest BCUT2D eigenvalue weighted by Crippen LogP contribution is 2.20. The van der Waals surface area contributed by atoms with Gasteiger partial charge in [0.05, 0.1) is 5.52 Å². The molecule has 0 fully saturated rings. The van der Waals surface area contributed by atoms with E-state index in [2.05, 4.69) is 34.0 Å². The van der Waals surface area contributed by atoms with Gasteiger partial charge in [-0.15, -0.1) is 0 Å². The molecule has 0 saturated heterocycles. The third-order valence-corrected chi connectivity index (χ3v) is 3.50. The number of nitrogen functional groups attached to an aromatic ring is 1. The number of anilines is 2. The summed E-state index contributed by atoms with van der Waals surface area (Å²) in [4.78, 5) is 11.0. The van der Waals surface area contributed by atoms with Crippen LogP contribution < -0.4 is 11.1 Å². The van der Waals surface area contributed by atoms with E-state index in [0.29, 0.717) is 0 Å². The average Bonchev–Trinajstić information content (AvgIpc) is 2.47. The Morgan fingerprint density at radius 1 is 1.20 bits per heavy atom. The maximum absolute atomic E-state index is 5.77. The lowest BCUT2D eigenvalue weighted by Crippen LogP contribution is -2.25. The van der Waals surface area contributed by atoms with Crippen LogP contribution in [0.1, 0.15) is 20.3 Å². The van der Waals surface area contributed by atoms with E-state index in [-0.39, 0.29) is 0 Å². The van der Waals surface area contributed by atoms with Crippen molar-refractivity contribution in [1.29, 1.82) is 0 Å². The lowest BCUT2D eigenvalue weighted by atomic mass is 10.2. The van der Waals surface area contributed by atoms with E-state index in [1.807, 2.05) is 18.2 Å². The van der Waals surface area contributed by atoms with Gasteiger partial charge in [-0.1, -0.05) is 13.8 Å². The first-order valence-electron chi connectivity index (χ1n) is 7.21. The van der Waals surface area contributed by atoms with Gasteiger partial charge in [0.15, 0.2) is 0 Å². The summed E-state index contributed by atoms with van der Waals surface area (Å²) in [7, 11) is 0. The van der Waals surface area contributed by atoms with Crippen LogP contribution in [0, 0.1) is 0 Å². The molecule has 0 aliphatic heterocycles. The number of hydrogen-bond donors (Lipinski definition) is 2. The standard InChI is InChI=1S/C15H23N5/c1-3-20(4-2)9-5-8-17-15-13-7-6-12(16)10-14(13)18-11-19-15/h6-7,10-11H,3-5,8-9,16H2,1-2H3,(H,17,18,19). The van der Waals surface area contributed by atoms with Gasteiger partial charge in [0, 0.05) is 17.6 Å². The molecule has 0 aliphatic rings. The summed E-state index contributed by atoms with van der Waals surface area (Å²) in [6.07, 6.45) is 2.68. The second-order valence-corrected chi connectivity index (χ2v) is 4.81. The molecule has 0 atom stereocenters. The minimum Gasteiger partial charge on any atom is -0.399 e. The Balaban J connectivity index is 1.96. The summed E-state index contributed by atoms with van der Waals surface area (Å²) in [5.74, 6) is 0.884. The minimum absolute atomic E-state index is 0.726. The van der Waals surface area contributed by atoms with Crippen LogP contribution in [0.25, 0.3) is 10.9 Å². The minimum atomic E-state index is 0.726. The molecule has 5 nitrogen and oxygen atoms in total. The molecule has 1 aromatic carbocycles. The molecule has 3 N–H and O–H groups in total. The Hall–Kier alpha value is -1.88. The van der Waals surface area contributed by atoms with E-state index in [1.165, 1.54) is 0 Å². The number of nitrogens with zero attached hydrogens (tertiary/aromatic N) is 3. The number of nitrogens with one attached hydrogen (secondary N) is 1. The summed E-state index contributed by atoms with van der Waals surface area (Å²) in [6, 6.07) is 5.72. The lowest BCUT2D eigenvalue weighted by Gasteiger charge is -2.18. The van der Waals surface area contributed by atoms with Gasteiger partial charge < -0.3 is 16.0 Å². The summed E-state index contributed by atoms with van der Waals surface area (Å²) >= 11 is 0. The molecule has 1 aromatic heterocycles. The van der Waals surface area contributed by atoms with E-state index in [9.17, 15) is 0 Å². The second-order valence-electron chi connectivity index (χ2n) is 4.81. The molecule has 20 heavy (non-hydrogen) atoms. The number of benzene rings is 1. The SMILES string of the molecule is CCN(CC)CCCNc1ncnc2cc(N)ccc12. The van der Waals surface area contributed by atoms with Crippen LogP contribution in [-0.2, 0) is 0 Å². The molecule has 0 bridgehead atoms. The van der Waals surface area contributed by atoms with Gasteiger partial charge in [0.1, 0.15) is 12.1 Å². The maximum Gasteiger partial charge on any atom is 0.137 e. The monoisotopic (exact) mass is 273 g/mol. The fourth-order valence-corrected chi connectivity index (χ4v) is 2.26. The predicted octanol–water partition coefficient (Wildman–Crippen LogP) is 2.36. The first kappa shape index (κ1) is 14.5. The van der Waals surface area contributed by atoms with Crippen LogP contribution in [0.4, 0.5) is 11.5 Å². The first-order valence-corrected chi connectivity index (χ1v) is 7.21. The Bertz CT molecular complexity index is 551. The highest BCUT2D eigenvalue weighted by atomic mass is 15.1. The van der Waals surface area contributed by atoms with Crippen LogP contribution in [0.2, 0.25) is 0 Å². The zero-order valence-corrected chi connectivity index (χ0v) is 12.3. The molecule has 0 unspecified atom stereocenters. The van der Waals surface area contributed by atoms with E-state index >= 15 is 0 Å². The second kappa shape index (κ2) is 7.05. The molecule has 1 heterocycles. The van der Waals surface area contributed by atoms with Crippen molar-refractivity contribution in [3.05, 3.63) is 24.5 Å². The van der Waals surface area contributed by atoms with Gasteiger partial charge in [-0.3, -0.25) is 0 Å². The van der Waals surface area contributed by atoms with Crippen molar-refractivity contribution in [2.45, 2.75) is 20.3 Å². The van der Waals surface area contributed by atoms with Gasteiger partial charge in [-0.05, 0) is 44.3 Å². The zero-order chi connectivity index (χ0) is 14.4. The summed E-state index contributed by atoms with van der Waals surface area (Å²) < 4.78 is 0. The van der Waals surface area contributed by atoms with E-state index in [1.54, 1.807) is 6.33 Å². The van der Waals surface area contributed by atoms with Crippen molar-refractivity contribution in [2.24, 2.45) is 0 Å². The molecule has 0 saturated carbocycles. The molecule has 2 rings (SSSR count). The molecule has 108 valence electrons. The smallest absolute Gasteiger partial charge is 0.137 e. The lowest BCUT2D eigenvalue weighted by molar-refractivity contribution is 0.303. The molecule has 0 amide bonds. The topological polar surface area (TPSA) is 67.1 Å². The van der Waals surface area contributed by atoms with Crippen molar-refractivity contribution in [2.75, 3.05) is 37.2 Å². The molecule has 5 heteroatoms. The normalized spacial score (nSPS) is 11.2. The van der Waals surface area contributed by atoms with Gasteiger partial charge in [0.2, 0.25) is 0 Å². The third kappa shape index (κ3) is 3.57. The molecule has 0 radical (unpaired) electrons. The van der Waals surface area contributed by atoms with Crippen LogP contribution in [0.3, 0.4) is 0 Å². The van der Waals surface area contributed by atoms with Crippen molar-refractivity contribution in [1.82, 2.24) is 14.9 Å². The fraction of sp³-hybridized carbons (Fsp3) is 0.467. The number of fused-ring (bicyclic) bond motifs is 1. The van der Waals surface area contributed by atoms with Crippen molar-refractivity contribution < 1.29 is 0 Å². The van der Waals surface area contributed by atoms with E-state index in [4.69, 9.17) is 5.73 Å². The Morgan fingerprint density at radius 3 is 2.75 bits per heavy atom. The van der Waals surface area contributed by atoms with Crippen LogP contribution in [0.5, 0.6) is 0 Å². The van der Waals surface area contributed by atoms with Gasteiger partial charge in [-0.25, -0.2) is 9.97 Å². The zero-order valence-electron chi connectivity index (χ0n) is 12.3. The highest BCUT2D eigenvalue weighted by molar-refractivity contribution is 5.90. The van der Waals surface area contributed by atoms with Crippen LogP contribution in [0.15, 0.2) is 24.5 Å². The summed E-state index contributed by atoms with van der Waals surface area (Å²) in [5.41, 5.74) is 7.38. The van der Waals surface area contributed by atoms with Gasteiger partial charge in [-0.2, -0.15) is 0 Å². The first-order chi connectivity index (χ1) is 9.74. The summed E-state index contributed by atoms with van der Waals surface area (Å²) in [5, 5.41) is 4.41. The number of aromatic nitrogens is 2. The fourth-order valence-electron chi connectivity index (χ4n) is 2.26. The third-order valence-electron chi connectivity index (χ3n) is 3.50. The predicted molar refractivity (Wildman–Crippen MR) is 84.8 cm³/mol. The number of rotatable bonds is 7. The molecular formula is C15H23N5. The number of nitrogens with two attached hydrogens (primary N) is 1. The summed E-state index contributed by atoms with van der Waals surface area (Å²) in [6.45, 7) is 8.61. The van der Waals surface area contributed by atoms with Gasteiger partial charge in [0.25, 0.3) is 0 Å². The molecule has 0 spiro atoms. The van der Waals surface area contributed by atoms with Gasteiger partial charge >= 0.3 is 0 Å². The average molecular weight is 273 g/mol. The molecular weight excluding hydrogens is 250 g/mol. The Kier molecular flexibility index (Phi) is 5.12. The van der Waals surface area contributed by atoms with E-state index in [0.717, 1.165) is 55.0 Å². The van der Waals surface area contributed by atoms with E-state index < -0.39 is 0 Å². The molecule has 0 aliphatic carbocycles. The largest absolute Gasteiger partial charge is 0.399 e. The Morgan fingerprint density at radius 2 is 2.00 bits per heavy atom. The Labute approximate surface area is 120 Å². The number of hydrogen-bond acceptors (Lipinski definition) is 5. The van der Waals surface area contributed by atoms with Crippen LogP contribution >= 0.6 is 0 Å². The van der Waals surface area contributed by atoms with Crippen molar-refractivity contribution >= 4 is 22.4 Å². The van der Waals surface area contributed by atoms with Crippen molar-refractivity contribution in [3.63, 3.8) is 0 Å². The maximum atomic E-state index is 5.77. The van der Waals surface area contributed by atoms with Crippen LogP contribution in [-0.4, -0.2) is 41.0 Å². The quantitative estimate of drug-likeness (QED) is 0.599. The highest BCUT2D eigenvalue weighted by Gasteiger charge is 2.04. The van der Waals surface area contributed by atoms with Crippen molar-refractivity contribution in [3.8, 4) is 0 Å².